The second-order valence-electron chi connectivity index (χ2n) is 4.09. The lowest BCUT2D eigenvalue weighted by molar-refractivity contribution is 1.05. The van der Waals surface area contributed by atoms with Crippen LogP contribution in [0.1, 0.15) is 16.7 Å². The summed E-state index contributed by atoms with van der Waals surface area (Å²) in [5, 5.41) is 0. The molecule has 2 aromatic rings. The number of nitrogens with two attached hydrogens (primary N) is 1. The lowest BCUT2D eigenvalue weighted by Crippen LogP contribution is -1.97. The van der Waals surface area contributed by atoms with Crippen molar-refractivity contribution in [3.05, 3.63) is 53.3 Å². The maximum absolute atomic E-state index is 5.61. The largest absolute Gasteiger partial charge is 0.326 e. The van der Waals surface area contributed by atoms with Crippen LogP contribution in [0.5, 0.6) is 0 Å². The average Bonchev–Trinajstić information content (AvgIpc) is 2.33. The normalized spacial score (nSPS) is 10.4. The summed E-state index contributed by atoms with van der Waals surface area (Å²) in [5.74, 6) is 0. The Labute approximate surface area is 96.1 Å². The molecule has 0 unspecified atom stereocenters. The van der Waals surface area contributed by atoms with Crippen molar-refractivity contribution in [1.82, 2.24) is 4.98 Å². The first-order chi connectivity index (χ1) is 7.70. The Balaban J connectivity index is 2.46. The van der Waals surface area contributed by atoms with Gasteiger partial charge in [-0.05, 0) is 42.2 Å². The zero-order valence-electron chi connectivity index (χ0n) is 9.70. The van der Waals surface area contributed by atoms with Gasteiger partial charge in [0, 0.05) is 24.5 Å². The van der Waals surface area contributed by atoms with Gasteiger partial charge in [0.2, 0.25) is 0 Å². The zero-order chi connectivity index (χ0) is 11.5. The molecule has 0 fully saturated rings. The van der Waals surface area contributed by atoms with Crippen molar-refractivity contribution in [3.8, 4) is 11.1 Å². The lowest BCUT2D eigenvalue weighted by atomic mass is 10.0. The summed E-state index contributed by atoms with van der Waals surface area (Å²) in [6.07, 6.45) is 3.69. The Hall–Kier alpha value is -1.67. The van der Waals surface area contributed by atoms with E-state index >= 15 is 0 Å². The van der Waals surface area contributed by atoms with E-state index in [0.717, 1.165) is 11.1 Å². The molecule has 2 rings (SSSR count). The molecule has 1 aromatic heterocycles. The van der Waals surface area contributed by atoms with Gasteiger partial charge in [0.25, 0.3) is 0 Å². The quantitative estimate of drug-likeness (QED) is 0.831. The monoisotopic (exact) mass is 212 g/mol. The first kappa shape index (κ1) is 10.8. The summed E-state index contributed by atoms with van der Waals surface area (Å²) in [7, 11) is 0. The van der Waals surface area contributed by atoms with Crippen LogP contribution in [-0.4, -0.2) is 4.98 Å². The highest BCUT2D eigenvalue weighted by Gasteiger charge is 2.01. The molecule has 2 N–H and O–H groups in total. The van der Waals surface area contributed by atoms with Crippen LogP contribution >= 0.6 is 0 Å². The Morgan fingerprint density at radius 2 is 1.81 bits per heavy atom. The minimum Gasteiger partial charge on any atom is -0.326 e. The molecule has 0 spiro atoms. The topological polar surface area (TPSA) is 38.9 Å². The molecule has 2 heteroatoms. The smallest absolute Gasteiger partial charge is 0.0346 e. The number of hydrogen-bond acceptors (Lipinski definition) is 2. The number of pyridine rings is 1. The van der Waals surface area contributed by atoms with Crippen LogP contribution in [0.25, 0.3) is 11.1 Å². The van der Waals surface area contributed by atoms with Gasteiger partial charge in [0.1, 0.15) is 0 Å². The van der Waals surface area contributed by atoms with E-state index < -0.39 is 0 Å². The van der Waals surface area contributed by atoms with E-state index in [9.17, 15) is 0 Å². The Morgan fingerprint density at radius 3 is 2.50 bits per heavy atom. The average molecular weight is 212 g/mol. The zero-order valence-corrected chi connectivity index (χ0v) is 9.70. The molecule has 0 bridgehead atoms. The molecule has 0 saturated heterocycles. The summed E-state index contributed by atoms with van der Waals surface area (Å²) in [6.45, 7) is 4.78. The number of benzene rings is 1. The number of aryl methyl sites for hydroxylation is 2. The van der Waals surface area contributed by atoms with Crippen LogP contribution < -0.4 is 5.73 Å². The van der Waals surface area contributed by atoms with E-state index in [1.54, 1.807) is 0 Å². The molecule has 82 valence electrons. The van der Waals surface area contributed by atoms with Crippen molar-refractivity contribution in [1.29, 1.82) is 0 Å². The Bertz CT molecular complexity index is 504. The molecule has 0 aliphatic heterocycles. The third kappa shape index (κ3) is 2.12. The van der Waals surface area contributed by atoms with Crippen LogP contribution in [0.3, 0.4) is 0 Å². The van der Waals surface area contributed by atoms with Gasteiger partial charge in [-0.1, -0.05) is 18.2 Å². The first-order valence-electron chi connectivity index (χ1n) is 5.42. The van der Waals surface area contributed by atoms with Crippen molar-refractivity contribution in [2.45, 2.75) is 20.4 Å². The molecule has 16 heavy (non-hydrogen) atoms. The van der Waals surface area contributed by atoms with Gasteiger partial charge in [-0.2, -0.15) is 0 Å². The predicted molar refractivity (Wildman–Crippen MR) is 67.0 cm³/mol. The van der Waals surface area contributed by atoms with Crippen molar-refractivity contribution in [2.24, 2.45) is 5.73 Å². The first-order valence-corrected chi connectivity index (χ1v) is 5.42. The van der Waals surface area contributed by atoms with E-state index in [4.69, 9.17) is 5.73 Å². The van der Waals surface area contributed by atoms with Crippen LogP contribution in [0.4, 0.5) is 0 Å². The summed E-state index contributed by atoms with van der Waals surface area (Å²) in [6, 6.07) is 8.54. The van der Waals surface area contributed by atoms with Gasteiger partial charge in [-0.15, -0.1) is 0 Å². The van der Waals surface area contributed by atoms with Crippen molar-refractivity contribution >= 4 is 0 Å². The second-order valence-corrected chi connectivity index (χ2v) is 4.09. The van der Waals surface area contributed by atoms with E-state index in [1.807, 2.05) is 12.4 Å². The molecule has 1 heterocycles. The minimum absolute atomic E-state index is 0.533. The van der Waals surface area contributed by atoms with Gasteiger partial charge < -0.3 is 5.73 Å². The molecule has 0 saturated carbocycles. The van der Waals surface area contributed by atoms with Gasteiger partial charge in [0.05, 0.1) is 0 Å². The fraction of sp³-hybridized carbons (Fsp3) is 0.214. The van der Waals surface area contributed by atoms with Crippen LogP contribution in [-0.2, 0) is 6.54 Å². The van der Waals surface area contributed by atoms with Gasteiger partial charge in [0.15, 0.2) is 0 Å². The molecule has 1 aromatic carbocycles. The third-order valence-corrected chi connectivity index (χ3v) is 2.87. The van der Waals surface area contributed by atoms with Crippen LogP contribution in [0.2, 0.25) is 0 Å². The molecule has 0 atom stereocenters. The van der Waals surface area contributed by atoms with Crippen LogP contribution in [0.15, 0.2) is 36.7 Å². The predicted octanol–water partition coefficient (Wildman–Crippen LogP) is 2.82. The molecular formula is C14H16N2. The molecule has 0 amide bonds. The fourth-order valence-corrected chi connectivity index (χ4v) is 1.68. The summed E-state index contributed by atoms with van der Waals surface area (Å²) < 4.78 is 0. The van der Waals surface area contributed by atoms with Crippen molar-refractivity contribution in [2.75, 3.05) is 0 Å². The molecular weight excluding hydrogens is 196 g/mol. The van der Waals surface area contributed by atoms with E-state index in [0.29, 0.717) is 6.54 Å². The maximum Gasteiger partial charge on any atom is 0.0346 e. The number of hydrogen-bond donors (Lipinski definition) is 1. The SMILES string of the molecule is Cc1ccc(-c2cncc(CN)c2)cc1C. The standard InChI is InChI=1S/C14H16N2/c1-10-3-4-13(5-11(10)2)14-6-12(7-15)8-16-9-14/h3-6,8-9H,7,15H2,1-2H3. The van der Waals surface area contributed by atoms with E-state index in [2.05, 4.69) is 43.1 Å². The molecule has 0 aliphatic carbocycles. The van der Waals surface area contributed by atoms with Crippen LogP contribution in [0, 0.1) is 13.8 Å². The third-order valence-electron chi connectivity index (χ3n) is 2.87. The van der Waals surface area contributed by atoms with E-state index in [-0.39, 0.29) is 0 Å². The highest BCUT2D eigenvalue weighted by Crippen LogP contribution is 2.22. The summed E-state index contributed by atoms with van der Waals surface area (Å²) in [5.41, 5.74) is 11.6. The summed E-state index contributed by atoms with van der Waals surface area (Å²) in [4.78, 5) is 4.20. The van der Waals surface area contributed by atoms with Gasteiger partial charge >= 0.3 is 0 Å². The molecule has 0 radical (unpaired) electrons. The second kappa shape index (κ2) is 4.45. The Kier molecular flexibility index (Phi) is 3.02. The fourth-order valence-electron chi connectivity index (χ4n) is 1.68. The van der Waals surface area contributed by atoms with Crippen molar-refractivity contribution < 1.29 is 0 Å². The highest BCUT2D eigenvalue weighted by molar-refractivity contribution is 5.64. The molecule has 0 aliphatic rings. The number of aromatic nitrogens is 1. The Morgan fingerprint density at radius 1 is 1.00 bits per heavy atom. The lowest BCUT2D eigenvalue weighted by Gasteiger charge is -2.06. The van der Waals surface area contributed by atoms with Crippen molar-refractivity contribution in [3.63, 3.8) is 0 Å². The minimum atomic E-state index is 0.533. The highest BCUT2D eigenvalue weighted by atomic mass is 14.6. The van der Waals surface area contributed by atoms with Gasteiger partial charge in [-0.3, -0.25) is 4.98 Å². The molecule has 2 nitrogen and oxygen atoms in total. The maximum atomic E-state index is 5.61. The number of rotatable bonds is 2. The van der Waals surface area contributed by atoms with Gasteiger partial charge in [-0.25, -0.2) is 0 Å². The number of nitrogens with zero attached hydrogens (tertiary/aromatic N) is 1. The van der Waals surface area contributed by atoms with E-state index in [1.165, 1.54) is 16.7 Å². The summed E-state index contributed by atoms with van der Waals surface area (Å²) >= 11 is 0.